The van der Waals surface area contributed by atoms with Crippen molar-refractivity contribution in [3.05, 3.63) is 64.2 Å². The minimum absolute atomic E-state index is 0.134. The smallest absolute Gasteiger partial charge is 0.337 e. The van der Waals surface area contributed by atoms with Gasteiger partial charge in [-0.3, -0.25) is 0 Å². The molecule has 5 heteroatoms. The molecule has 0 aliphatic heterocycles. The molecule has 2 N–H and O–H groups in total. The van der Waals surface area contributed by atoms with Crippen LogP contribution in [0.2, 0.25) is 0 Å². The van der Waals surface area contributed by atoms with Gasteiger partial charge in [0.2, 0.25) is 0 Å². The second-order valence-electron chi connectivity index (χ2n) is 4.89. The van der Waals surface area contributed by atoms with E-state index in [1.807, 2.05) is 0 Å². The number of aryl methyl sites for hydroxylation is 2. The number of hydrogen-bond acceptors (Lipinski definition) is 2. The lowest BCUT2D eigenvalue weighted by atomic mass is 10.1. The Morgan fingerprint density at radius 2 is 1.76 bits per heavy atom. The third kappa shape index (κ3) is 3.37. The molecule has 0 spiro atoms. The van der Waals surface area contributed by atoms with Crippen molar-refractivity contribution in [2.75, 3.05) is 5.32 Å². The van der Waals surface area contributed by atoms with Crippen LogP contribution < -0.4 is 5.32 Å². The lowest BCUT2D eigenvalue weighted by molar-refractivity contribution is 0.0697. The summed E-state index contributed by atoms with van der Waals surface area (Å²) in [6.45, 7) is 3.67. The number of aromatic carboxylic acids is 1. The molecule has 0 amide bonds. The third-order valence-electron chi connectivity index (χ3n) is 3.19. The number of carbonyl (C=O) groups is 1. The second-order valence-corrected chi connectivity index (χ2v) is 4.89. The van der Waals surface area contributed by atoms with Crippen LogP contribution in [-0.2, 0) is 6.54 Å². The van der Waals surface area contributed by atoms with Gasteiger partial charge in [0.05, 0.1) is 5.56 Å². The summed E-state index contributed by atoms with van der Waals surface area (Å²) in [5.41, 5.74) is 2.08. The van der Waals surface area contributed by atoms with E-state index >= 15 is 0 Å². The van der Waals surface area contributed by atoms with Gasteiger partial charge in [0.15, 0.2) is 0 Å². The van der Waals surface area contributed by atoms with Gasteiger partial charge < -0.3 is 10.4 Å². The molecule has 2 aromatic carbocycles. The van der Waals surface area contributed by atoms with Crippen LogP contribution in [0.15, 0.2) is 30.3 Å². The van der Waals surface area contributed by atoms with Crippen LogP contribution in [0, 0.1) is 25.5 Å². The largest absolute Gasteiger partial charge is 0.478 e. The van der Waals surface area contributed by atoms with Gasteiger partial charge in [0.1, 0.15) is 11.6 Å². The van der Waals surface area contributed by atoms with Crippen LogP contribution in [-0.4, -0.2) is 11.1 Å². The molecule has 2 aromatic rings. The highest BCUT2D eigenvalue weighted by Crippen LogP contribution is 2.20. The number of benzene rings is 2. The topological polar surface area (TPSA) is 49.3 Å². The first-order chi connectivity index (χ1) is 9.88. The zero-order valence-electron chi connectivity index (χ0n) is 11.7. The summed E-state index contributed by atoms with van der Waals surface area (Å²) in [7, 11) is 0. The van der Waals surface area contributed by atoms with E-state index in [2.05, 4.69) is 5.32 Å². The monoisotopic (exact) mass is 291 g/mol. The lowest BCUT2D eigenvalue weighted by Gasteiger charge is -2.11. The zero-order chi connectivity index (χ0) is 15.6. The Balaban J connectivity index is 2.22. The molecule has 0 saturated heterocycles. The van der Waals surface area contributed by atoms with Gasteiger partial charge in [-0.15, -0.1) is 0 Å². The van der Waals surface area contributed by atoms with Crippen LogP contribution in [0.3, 0.4) is 0 Å². The summed E-state index contributed by atoms with van der Waals surface area (Å²) >= 11 is 0. The highest BCUT2D eigenvalue weighted by Gasteiger charge is 2.11. The summed E-state index contributed by atoms with van der Waals surface area (Å²) in [6, 6.07) is 6.92. The van der Waals surface area contributed by atoms with Gasteiger partial charge in [-0.2, -0.15) is 0 Å². The average Bonchev–Trinajstić information content (AvgIpc) is 2.43. The summed E-state index contributed by atoms with van der Waals surface area (Å²) in [5.74, 6) is -2.05. The van der Waals surface area contributed by atoms with Crippen molar-refractivity contribution in [1.82, 2.24) is 0 Å². The summed E-state index contributed by atoms with van der Waals surface area (Å²) < 4.78 is 26.6. The molecular formula is C16H15F2NO2. The van der Waals surface area contributed by atoms with E-state index in [0.717, 1.165) is 11.6 Å². The van der Waals surface area contributed by atoms with Gasteiger partial charge in [0.25, 0.3) is 0 Å². The Hall–Kier alpha value is -2.43. The van der Waals surface area contributed by atoms with E-state index in [-0.39, 0.29) is 11.4 Å². The van der Waals surface area contributed by atoms with Crippen molar-refractivity contribution in [2.24, 2.45) is 0 Å². The molecular weight excluding hydrogens is 276 g/mol. The van der Waals surface area contributed by atoms with Crippen molar-refractivity contribution in [1.29, 1.82) is 0 Å². The lowest BCUT2D eigenvalue weighted by Crippen LogP contribution is -2.07. The minimum atomic E-state index is -1.21. The molecule has 3 nitrogen and oxygen atoms in total. The second kappa shape index (κ2) is 5.91. The highest BCUT2D eigenvalue weighted by atomic mass is 19.1. The normalized spacial score (nSPS) is 10.5. The molecule has 0 bridgehead atoms. The predicted molar refractivity (Wildman–Crippen MR) is 76.6 cm³/mol. The number of carboxylic acid groups (broad SMARTS) is 1. The molecule has 21 heavy (non-hydrogen) atoms. The van der Waals surface area contributed by atoms with Gasteiger partial charge in [-0.05, 0) is 48.7 Å². The molecule has 0 aromatic heterocycles. The zero-order valence-corrected chi connectivity index (χ0v) is 11.7. The minimum Gasteiger partial charge on any atom is -0.478 e. The van der Waals surface area contributed by atoms with Crippen molar-refractivity contribution in [2.45, 2.75) is 20.4 Å². The Kier molecular flexibility index (Phi) is 4.21. The van der Waals surface area contributed by atoms with E-state index < -0.39 is 11.8 Å². The highest BCUT2D eigenvalue weighted by molar-refractivity contribution is 5.94. The number of nitrogens with one attached hydrogen (secondary N) is 1. The first-order valence-corrected chi connectivity index (χ1v) is 6.41. The van der Waals surface area contributed by atoms with Crippen LogP contribution >= 0.6 is 0 Å². The Labute approximate surface area is 121 Å². The number of carboxylic acids is 1. The Bertz CT molecular complexity index is 676. The predicted octanol–water partition coefficient (Wildman–Crippen LogP) is 3.89. The first kappa shape index (κ1) is 15.0. The first-order valence-electron chi connectivity index (χ1n) is 6.41. The molecule has 0 unspecified atom stereocenters. The molecule has 0 aliphatic rings. The molecule has 0 aliphatic carbocycles. The fourth-order valence-corrected chi connectivity index (χ4v) is 2.18. The van der Waals surface area contributed by atoms with Gasteiger partial charge >= 0.3 is 5.97 Å². The fraction of sp³-hybridized carbons (Fsp3) is 0.188. The SMILES string of the molecule is Cc1cc(CNc2ccc(F)cc2C(=O)O)cc(C)c1F. The fourth-order valence-electron chi connectivity index (χ4n) is 2.18. The van der Waals surface area contributed by atoms with Crippen molar-refractivity contribution < 1.29 is 18.7 Å². The van der Waals surface area contributed by atoms with Crippen LogP contribution in [0.4, 0.5) is 14.5 Å². The van der Waals surface area contributed by atoms with Crippen molar-refractivity contribution in [3.63, 3.8) is 0 Å². The van der Waals surface area contributed by atoms with E-state index in [0.29, 0.717) is 23.4 Å². The van der Waals surface area contributed by atoms with E-state index in [1.54, 1.807) is 26.0 Å². The molecule has 0 radical (unpaired) electrons. The van der Waals surface area contributed by atoms with Crippen molar-refractivity contribution >= 4 is 11.7 Å². The number of hydrogen-bond donors (Lipinski definition) is 2. The van der Waals surface area contributed by atoms with Crippen LogP contribution in [0.5, 0.6) is 0 Å². The summed E-state index contributed by atoms with van der Waals surface area (Å²) in [6.07, 6.45) is 0. The van der Waals surface area contributed by atoms with Crippen LogP contribution in [0.25, 0.3) is 0 Å². The molecule has 2 rings (SSSR count). The van der Waals surface area contributed by atoms with Crippen LogP contribution in [0.1, 0.15) is 27.0 Å². The van der Waals surface area contributed by atoms with Crippen molar-refractivity contribution in [3.8, 4) is 0 Å². The maximum absolute atomic E-state index is 13.5. The van der Waals surface area contributed by atoms with E-state index in [4.69, 9.17) is 5.11 Å². The maximum atomic E-state index is 13.5. The van der Waals surface area contributed by atoms with Gasteiger partial charge in [-0.1, -0.05) is 12.1 Å². The molecule has 110 valence electrons. The molecule has 0 fully saturated rings. The quantitative estimate of drug-likeness (QED) is 0.898. The Morgan fingerprint density at radius 3 is 2.33 bits per heavy atom. The van der Waals surface area contributed by atoms with E-state index in [1.165, 1.54) is 12.1 Å². The molecule has 0 atom stereocenters. The molecule has 0 saturated carbocycles. The summed E-state index contributed by atoms with van der Waals surface area (Å²) in [4.78, 5) is 11.1. The number of anilines is 1. The number of halogens is 2. The average molecular weight is 291 g/mol. The molecule has 0 heterocycles. The summed E-state index contributed by atoms with van der Waals surface area (Å²) in [5, 5.41) is 12.0. The Morgan fingerprint density at radius 1 is 1.14 bits per heavy atom. The third-order valence-corrected chi connectivity index (χ3v) is 3.19. The van der Waals surface area contributed by atoms with Gasteiger partial charge in [0, 0.05) is 12.2 Å². The standard InChI is InChI=1S/C16H15F2NO2/c1-9-5-11(6-10(2)15(9)18)8-19-14-4-3-12(17)7-13(14)16(20)21/h3-7,19H,8H2,1-2H3,(H,20,21). The maximum Gasteiger partial charge on any atom is 0.337 e. The van der Waals surface area contributed by atoms with E-state index in [9.17, 15) is 13.6 Å². The van der Waals surface area contributed by atoms with Gasteiger partial charge in [-0.25, -0.2) is 13.6 Å². The number of rotatable bonds is 4.